The van der Waals surface area contributed by atoms with Gasteiger partial charge in [-0.3, -0.25) is 9.59 Å². The number of carbonyl (C=O) groups is 3. The Morgan fingerprint density at radius 2 is 1.92 bits per heavy atom. The number of aliphatic carboxylic acids is 1. The van der Waals surface area contributed by atoms with Crippen LogP contribution in [0.3, 0.4) is 0 Å². The monoisotopic (exact) mass is 333 g/mol. The van der Waals surface area contributed by atoms with E-state index in [0.29, 0.717) is 25.1 Å². The van der Waals surface area contributed by atoms with Crippen molar-refractivity contribution in [3.8, 4) is 0 Å². The number of amides is 3. The maximum Gasteiger partial charge on any atom is 0.312 e. The number of likely N-dealkylation sites (tertiary alicyclic amines) is 1. The van der Waals surface area contributed by atoms with E-state index in [4.69, 9.17) is 10.8 Å². The maximum absolute atomic E-state index is 12.7. The van der Waals surface area contributed by atoms with E-state index in [-0.39, 0.29) is 18.4 Å². The predicted octanol–water partition coefficient (Wildman–Crippen LogP) is 1.71. The Morgan fingerprint density at radius 3 is 2.54 bits per heavy atom. The molecule has 1 aromatic carbocycles. The SMILES string of the molecule is NC(=O)NCc1ccc(C(=O)N2CCCC[C@@H]2CCC(=O)O)cc1. The van der Waals surface area contributed by atoms with Gasteiger partial charge in [0.05, 0.1) is 0 Å². The first-order chi connectivity index (χ1) is 11.5. The Kier molecular flexibility index (Phi) is 6.17. The van der Waals surface area contributed by atoms with Crippen LogP contribution < -0.4 is 11.1 Å². The number of primary amides is 1. The minimum Gasteiger partial charge on any atom is -0.481 e. The van der Waals surface area contributed by atoms with E-state index in [1.54, 1.807) is 29.2 Å². The molecule has 1 aliphatic heterocycles. The molecule has 0 spiro atoms. The Hall–Kier alpha value is -2.57. The summed E-state index contributed by atoms with van der Waals surface area (Å²) in [6.07, 6.45) is 3.37. The van der Waals surface area contributed by atoms with Crippen LogP contribution in [0, 0.1) is 0 Å². The highest BCUT2D eigenvalue weighted by atomic mass is 16.4. The van der Waals surface area contributed by atoms with Gasteiger partial charge in [-0.15, -0.1) is 0 Å². The first-order valence-corrected chi connectivity index (χ1v) is 8.12. The van der Waals surface area contributed by atoms with Gasteiger partial charge in [0.25, 0.3) is 5.91 Å². The zero-order chi connectivity index (χ0) is 17.5. The molecule has 2 rings (SSSR count). The number of hydrogen-bond acceptors (Lipinski definition) is 3. The Labute approximate surface area is 140 Å². The third-order valence-electron chi connectivity index (χ3n) is 4.25. The van der Waals surface area contributed by atoms with Crippen molar-refractivity contribution in [1.82, 2.24) is 10.2 Å². The number of nitrogens with one attached hydrogen (secondary N) is 1. The molecule has 24 heavy (non-hydrogen) atoms. The van der Waals surface area contributed by atoms with Gasteiger partial charge < -0.3 is 21.1 Å². The van der Waals surface area contributed by atoms with E-state index in [1.807, 2.05) is 0 Å². The Morgan fingerprint density at radius 1 is 1.21 bits per heavy atom. The van der Waals surface area contributed by atoms with Crippen molar-refractivity contribution in [2.24, 2.45) is 5.73 Å². The molecule has 0 unspecified atom stereocenters. The molecule has 130 valence electrons. The summed E-state index contributed by atoms with van der Waals surface area (Å²) in [7, 11) is 0. The number of piperidine rings is 1. The smallest absolute Gasteiger partial charge is 0.312 e. The average Bonchev–Trinajstić information content (AvgIpc) is 2.58. The molecule has 3 amide bonds. The molecule has 7 heteroatoms. The van der Waals surface area contributed by atoms with E-state index < -0.39 is 12.0 Å². The highest BCUT2D eigenvalue weighted by Gasteiger charge is 2.27. The molecule has 7 nitrogen and oxygen atoms in total. The Bertz CT molecular complexity index is 600. The number of nitrogens with two attached hydrogens (primary N) is 1. The second-order valence-corrected chi connectivity index (χ2v) is 6.00. The van der Waals surface area contributed by atoms with Crippen LogP contribution in [0.25, 0.3) is 0 Å². The lowest BCUT2D eigenvalue weighted by Gasteiger charge is -2.35. The summed E-state index contributed by atoms with van der Waals surface area (Å²) in [5.41, 5.74) is 6.45. The standard InChI is InChI=1S/C17H23N3O4/c18-17(24)19-11-12-4-6-13(7-5-12)16(23)20-10-2-1-3-14(20)8-9-15(21)22/h4-7,14H,1-3,8-11H2,(H,21,22)(H3,18,19,24)/t14-/m1/s1. The molecule has 0 saturated carbocycles. The molecule has 4 N–H and O–H groups in total. The molecule has 1 atom stereocenters. The van der Waals surface area contributed by atoms with Crippen molar-refractivity contribution in [1.29, 1.82) is 0 Å². The molecular formula is C17H23N3O4. The number of urea groups is 1. The fourth-order valence-electron chi connectivity index (χ4n) is 2.98. The van der Waals surface area contributed by atoms with Crippen LogP contribution in [-0.2, 0) is 11.3 Å². The topological polar surface area (TPSA) is 113 Å². The fourth-order valence-corrected chi connectivity index (χ4v) is 2.98. The zero-order valence-electron chi connectivity index (χ0n) is 13.5. The van der Waals surface area contributed by atoms with Crippen molar-refractivity contribution in [3.05, 3.63) is 35.4 Å². The average molecular weight is 333 g/mol. The van der Waals surface area contributed by atoms with Crippen LogP contribution in [0.4, 0.5) is 4.79 Å². The normalized spacial score (nSPS) is 17.3. The van der Waals surface area contributed by atoms with Crippen LogP contribution in [0.2, 0.25) is 0 Å². The Balaban J connectivity index is 2.02. The minimum atomic E-state index is -0.834. The molecule has 1 heterocycles. The maximum atomic E-state index is 12.7. The van der Waals surface area contributed by atoms with Gasteiger partial charge in [0.15, 0.2) is 0 Å². The van der Waals surface area contributed by atoms with Crippen LogP contribution in [-0.4, -0.2) is 40.5 Å². The minimum absolute atomic E-state index is 0.0152. The van der Waals surface area contributed by atoms with Gasteiger partial charge in [-0.2, -0.15) is 0 Å². The first kappa shape index (κ1) is 17.8. The quantitative estimate of drug-likeness (QED) is 0.735. The van der Waals surface area contributed by atoms with Crippen LogP contribution in [0.5, 0.6) is 0 Å². The summed E-state index contributed by atoms with van der Waals surface area (Å²) < 4.78 is 0. The summed E-state index contributed by atoms with van der Waals surface area (Å²) in [4.78, 5) is 36.0. The van der Waals surface area contributed by atoms with E-state index in [9.17, 15) is 14.4 Å². The summed E-state index contributed by atoms with van der Waals surface area (Å²) in [6.45, 7) is 0.975. The van der Waals surface area contributed by atoms with E-state index in [1.165, 1.54) is 0 Å². The third kappa shape index (κ3) is 4.97. The van der Waals surface area contributed by atoms with Gasteiger partial charge in [0, 0.05) is 31.1 Å². The number of hydrogen-bond donors (Lipinski definition) is 3. The number of nitrogens with zero attached hydrogens (tertiary/aromatic N) is 1. The molecule has 0 aromatic heterocycles. The van der Waals surface area contributed by atoms with Gasteiger partial charge in [-0.1, -0.05) is 12.1 Å². The lowest BCUT2D eigenvalue weighted by Crippen LogP contribution is -2.44. The van der Waals surface area contributed by atoms with Crippen molar-refractivity contribution in [3.63, 3.8) is 0 Å². The highest BCUT2D eigenvalue weighted by Crippen LogP contribution is 2.23. The lowest BCUT2D eigenvalue weighted by molar-refractivity contribution is -0.137. The number of carboxylic acid groups (broad SMARTS) is 1. The van der Waals surface area contributed by atoms with E-state index in [0.717, 1.165) is 24.8 Å². The van der Waals surface area contributed by atoms with E-state index in [2.05, 4.69) is 5.32 Å². The summed E-state index contributed by atoms with van der Waals surface area (Å²) in [5.74, 6) is -0.904. The summed E-state index contributed by atoms with van der Waals surface area (Å²) in [5, 5.41) is 11.4. The molecule has 0 bridgehead atoms. The van der Waals surface area contributed by atoms with Crippen molar-refractivity contribution >= 4 is 17.9 Å². The highest BCUT2D eigenvalue weighted by molar-refractivity contribution is 5.94. The van der Waals surface area contributed by atoms with Crippen LogP contribution in [0.15, 0.2) is 24.3 Å². The van der Waals surface area contributed by atoms with Gasteiger partial charge >= 0.3 is 12.0 Å². The number of carboxylic acids is 1. The number of benzene rings is 1. The molecule has 1 aliphatic rings. The van der Waals surface area contributed by atoms with Crippen molar-refractivity contribution in [2.75, 3.05) is 6.54 Å². The van der Waals surface area contributed by atoms with Gasteiger partial charge in [-0.25, -0.2) is 4.79 Å². The van der Waals surface area contributed by atoms with Gasteiger partial charge in [0.1, 0.15) is 0 Å². The number of carbonyl (C=O) groups excluding carboxylic acids is 2. The van der Waals surface area contributed by atoms with Crippen molar-refractivity contribution < 1.29 is 19.5 Å². The molecule has 1 fully saturated rings. The third-order valence-corrected chi connectivity index (χ3v) is 4.25. The zero-order valence-corrected chi connectivity index (χ0v) is 13.5. The second-order valence-electron chi connectivity index (χ2n) is 6.00. The molecule has 1 saturated heterocycles. The van der Waals surface area contributed by atoms with Gasteiger partial charge in [0.2, 0.25) is 0 Å². The predicted molar refractivity (Wildman–Crippen MR) is 88.4 cm³/mol. The van der Waals surface area contributed by atoms with Gasteiger partial charge in [-0.05, 0) is 43.4 Å². The first-order valence-electron chi connectivity index (χ1n) is 8.12. The van der Waals surface area contributed by atoms with E-state index >= 15 is 0 Å². The summed E-state index contributed by atoms with van der Waals surface area (Å²) in [6, 6.07) is 6.40. The van der Waals surface area contributed by atoms with Crippen molar-refractivity contribution in [2.45, 2.75) is 44.7 Å². The molecule has 0 radical (unpaired) electrons. The summed E-state index contributed by atoms with van der Waals surface area (Å²) >= 11 is 0. The fraction of sp³-hybridized carbons (Fsp3) is 0.471. The molecule has 1 aromatic rings. The lowest BCUT2D eigenvalue weighted by atomic mass is 9.96. The van der Waals surface area contributed by atoms with Crippen LogP contribution in [0.1, 0.15) is 48.0 Å². The second kappa shape index (κ2) is 8.33. The molecule has 0 aliphatic carbocycles. The van der Waals surface area contributed by atoms with Crippen LogP contribution >= 0.6 is 0 Å². The number of rotatable bonds is 6. The molecular weight excluding hydrogens is 310 g/mol. The largest absolute Gasteiger partial charge is 0.481 e.